The molecule has 0 bridgehead atoms. The number of aromatic amines is 1. The van der Waals surface area contributed by atoms with Crippen LogP contribution in [0.5, 0.6) is 0 Å². The van der Waals surface area contributed by atoms with Gasteiger partial charge in [0.15, 0.2) is 5.16 Å². The van der Waals surface area contributed by atoms with Gasteiger partial charge in [0, 0.05) is 28.1 Å². The van der Waals surface area contributed by atoms with Gasteiger partial charge >= 0.3 is 0 Å². The van der Waals surface area contributed by atoms with Gasteiger partial charge in [0.1, 0.15) is 5.82 Å². The molecule has 1 aromatic carbocycles. The predicted molar refractivity (Wildman–Crippen MR) is 97.3 cm³/mol. The van der Waals surface area contributed by atoms with Crippen molar-refractivity contribution in [2.45, 2.75) is 17.5 Å². The van der Waals surface area contributed by atoms with Crippen LogP contribution in [0.4, 0.5) is 5.82 Å². The first-order valence-corrected chi connectivity index (χ1v) is 8.87. The second-order valence-corrected chi connectivity index (χ2v) is 7.00. The molecule has 1 atom stereocenters. The normalized spacial score (nSPS) is 16.4. The van der Waals surface area contributed by atoms with Gasteiger partial charge in [-0.1, -0.05) is 47.1 Å². The minimum atomic E-state index is -0.537. The number of thioether (sulfide) groups is 1. The van der Waals surface area contributed by atoms with Crippen LogP contribution in [0.15, 0.2) is 40.8 Å². The molecule has 1 aromatic heterocycles. The lowest BCUT2D eigenvalue weighted by Gasteiger charge is -2.25. The van der Waals surface area contributed by atoms with E-state index in [1.165, 1.54) is 11.8 Å². The summed E-state index contributed by atoms with van der Waals surface area (Å²) in [7, 11) is 0. The van der Waals surface area contributed by atoms with Crippen LogP contribution < -0.4 is 10.9 Å². The fraction of sp³-hybridized carbons (Fsp3) is 0.188. The number of aromatic nitrogens is 2. The summed E-state index contributed by atoms with van der Waals surface area (Å²) < 4.78 is 0. The summed E-state index contributed by atoms with van der Waals surface area (Å²) >= 11 is 13.9. The topological polar surface area (TPSA) is 74.8 Å². The average molecular weight is 382 g/mol. The lowest BCUT2D eigenvalue weighted by Crippen LogP contribution is -2.31. The molecule has 124 valence electrons. The van der Waals surface area contributed by atoms with E-state index in [0.717, 1.165) is 0 Å². The lowest BCUT2D eigenvalue weighted by molar-refractivity contribution is -0.116. The van der Waals surface area contributed by atoms with Crippen LogP contribution in [-0.2, 0) is 4.79 Å². The number of anilines is 1. The van der Waals surface area contributed by atoms with Crippen LogP contribution in [0.3, 0.4) is 0 Å². The molecule has 3 rings (SSSR count). The Labute approximate surface area is 152 Å². The molecule has 0 radical (unpaired) electrons. The second-order valence-electron chi connectivity index (χ2n) is 5.17. The zero-order valence-electron chi connectivity index (χ0n) is 12.4. The van der Waals surface area contributed by atoms with E-state index >= 15 is 0 Å². The minimum absolute atomic E-state index is 0.0837. The molecule has 2 aromatic rings. The first-order chi connectivity index (χ1) is 11.5. The molecule has 8 heteroatoms. The molecule has 1 aliphatic rings. The molecule has 2 heterocycles. The highest BCUT2D eigenvalue weighted by Crippen LogP contribution is 2.40. The van der Waals surface area contributed by atoms with Crippen molar-refractivity contribution < 1.29 is 4.79 Å². The molecule has 5 nitrogen and oxygen atoms in total. The van der Waals surface area contributed by atoms with Gasteiger partial charge in [0.05, 0.1) is 5.56 Å². The van der Waals surface area contributed by atoms with Gasteiger partial charge in [-0.25, -0.2) is 4.98 Å². The summed E-state index contributed by atoms with van der Waals surface area (Å²) in [6, 6.07) is 5.09. The van der Waals surface area contributed by atoms with Crippen molar-refractivity contribution in [3.8, 4) is 0 Å². The number of carbonyl (C=O) groups is 1. The first kappa shape index (κ1) is 17.1. The van der Waals surface area contributed by atoms with Crippen molar-refractivity contribution in [3.63, 3.8) is 0 Å². The summed E-state index contributed by atoms with van der Waals surface area (Å²) in [6.07, 6.45) is 1.79. The molecule has 0 saturated heterocycles. The maximum absolute atomic E-state index is 12.6. The summed E-state index contributed by atoms with van der Waals surface area (Å²) in [5, 5.41) is 3.91. The van der Waals surface area contributed by atoms with E-state index < -0.39 is 5.92 Å². The maximum Gasteiger partial charge on any atom is 0.257 e. The van der Waals surface area contributed by atoms with Gasteiger partial charge in [0.2, 0.25) is 5.91 Å². The molecular formula is C16H13Cl2N3O2S. The average Bonchev–Trinajstić information content (AvgIpc) is 2.52. The molecule has 2 N–H and O–H groups in total. The van der Waals surface area contributed by atoms with Gasteiger partial charge < -0.3 is 10.3 Å². The number of amides is 1. The number of halogens is 2. The second kappa shape index (κ2) is 7.01. The van der Waals surface area contributed by atoms with Crippen molar-refractivity contribution >= 4 is 46.7 Å². The third-order valence-corrected chi connectivity index (χ3v) is 5.14. The number of rotatable bonds is 4. The fourth-order valence-electron chi connectivity index (χ4n) is 2.65. The van der Waals surface area contributed by atoms with E-state index in [9.17, 15) is 9.59 Å². The summed E-state index contributed by atoms with van der Waals surface area (Å²) in [4.78, 5) is 31.8. The van der Waals surface area contributed by atoms with Crippen LogP contribution in [0, 0.1) is 0 Å². The summed E-state index contributed by atoms with van der Waals surface area (Å²) in [5.74, 6) is 0.0728. The van der Waals surface area contributed by atoms with E-state index in [-0.39, 0.29) is 23.7 Å². The number of hydrogen-bond donors (Lipinski definition) is 2. The number of carbonyl (C=O) groups excluding carboxylic acids is 1. The van der Waals surface area contributed by atoms with Crippen molar-refractivity contribution in [3.05, 3.63) is 62.4 Å². The Kier molecular flexibility index (Phi) is 4.99. The monoisotopic (exact) mass is 381 g/mol. The van der Waals surface area contributed by atoms with Crippen molar-refractivity contribution in [2.75, 3.05) is 11.1 Å². The van der Waals surface area contributed by atoms with Crippen molar-refractivity contribution in [2.24, 2.45) is 0 Å². The SMILES string of the molecule is C=CCSc1nc2c(c(=O)[nH]1)[C@H](c1c(Cl)cccc1Cl)CC(=O)N2. The molecule has 1 aliphatic heterocycles. The Bertz CT molecular complexity index is 862. The quantitative estimate of drug-likeness (QED) is 0.479. The fourth-order valence-corrected chi connectivity index (χ4v) is 3.90. The van der Waals surface area contributed by atoms with Gasteiger partial charge in [-0.05, 0) is 17.7 Å². The van der Waals surface area contributed by atoms with Gasteiger partial charge in [-0.2, -0.15) is 0 Å². The highest BCUT2D eigenvalue weighted by molar-refractivity contribution is 7.99. The predicted octanol–water partition coefficient (Wildman–Crippen LogP) is 3.83. The Hall–Kier alpha value is -1.76. The Morgan fingerprint density at radius 1 is 1.29 bits per heavy atom. The Morgan fingerprint density at radius 3 is 2.67 bits per heavy atom. The molecule has 0 fully saturated rings. The molecule has 0 aliphatic carbocycles. The minimum Gasteiger partial charge on any atom is -0.310 e. The number of hydrogen-bond acceptors (Lipinski definition) is 4. The van der Waals surface area contributed by atoms with E-state index in [1.54, 1.807) is 24.3 Å². The molecule has 0 unspecified atom stereocenters. The zero-order chi connectivity index (χ0) is 17.3. The van der Waals surface area contributed by atoms with Gasteiger partial charge in [0.25, 0.3) is 5.56 Å². The van der Waals surface area contributed by atoms with Gasteiger partial charge in [-0.3, -0.25) is 9.59 Å². The zero-order valence-corrected chi connectivity index (χ0v) is 14.8. The standard InChI is InChI=1S/C16H13Cl2N3O2S/c1-2-6-24-16-20-14-13(15(23)21-16)8(7-11(22)19-14)12-9(17)4-3-5-10(12)18/h2-5,8H,1,6-7H2,(H2,19,20,21,22,23)/t8-/m0/s1. The largest absolute Gasteiger partial charge is 0.310 e. The van der Waals surface area contributed by atoms with Crippen LogP contribution in [0.1, 0.15) is 23.5 Å². The maximum atomic E-state index is 12.6. The van der Waals surface area contributed by atoms with Crippen LogP contribution in [0.2, 0.25) is 10.0 Å². The lowest BCUT2D eigenvalue weighted by atomic mass is 9.87. The van der Waals surface area contributed by atoms with Crippen LogP contribution >= 0.6 is 35.0 Å². The third-order valence-electron chi connectivity index (χ3n) is 3.62. The number of fused-ring (bicyclic) bond motifs is 1. The number of benzene rings is 1. The summed E-state index contributed by atoms with van der Waals surface area (Å²) in [5.41, 5.74) is 0.621. The van der Waals surface area contributed by atoms with Crippen LogP contribution in [0.25, 0.3) is 0 Å². The number of H-pyrrole nitrogens is 1. The van der Waals surface area contributed by atoms with E-state index in [4.69, 9.17) is 23.2 Å². The smallest absolute Gasteiger partial charge is 0.257 e. The van der Waals surface area contributed by atoms with E-state index in [2.05, 4.69) is 21.9 Å². The molecular weight excluding hydrogens is 369 g/mol. The van der Waals surface area contributed by atoms with Crippen molar-refractivity contribution in [1.82, 2.24) is 9.97 Å². The first-order valence-electron chi connectivity index (χ1n) is 7.13. The van der Waals surface area contributed by atoms with E-state index in [1.807, 2.05) is 0 Å². The Balaban J connectivity index is 2.15. The van der Waals surface area contributed by atoms with Gasteiger partial charge in [-0.15, -0.1) is 6.58 Å². The molecule has 24 heavy (non-hydrogen) atoms. The highest BCUT2D eigenvalue weighted by Gasteiger charge is 2.33. The molecule has 0 saturated carbocycles. The highest BCUT2D eigenvalue weighted by atomic mass is 35.5. The molecule has 1 amide bonds. The van der Waals surface area contributed by atoms with Crippen LogP contribution in [-0.4, -0.2) is 21.6 Å². The summed E-state index contributed by atoms with van der Waals surface area (Å²) in [6.45, 7) is 3.63. The van der Waals surface area contributed by atoms with E-state index in [0.29, 0.717) is 32.1 Å². The Morgan fingerprint density at radius 2 is 2.00 bits per heavy atom. The van der Waals surface area contributed by atoms with Crippen molar-refractivity contribution in [1.29, 1.82) is 0 Å². The third kappa shape index (κ3) is 3.22. The number of nitrogens with one attached hydrogen (secondary N) is 2. The number of nitrogens with zero attached hydrogens (tertiary/aromatic N) is 1. The molecule has 0 spiro atoms.